The van der Waals surface area contributed by atoms with Gasteiger partial charge in [-0.2, -0.15) is 13.2 Å². The average molecular weight is 345 g/mol. The maximum absolute atomic E-state index is 12.5. The fraction of sp³-hybridized carbons (Fsp3) is 0.105. The van der Waals surface area contributed by atoms with Crippen molar-refractivity contribution in [2.75, 3.05) is 0 Å². The van der Waals surface area contributed by atoms with E-state index < -0.39 is 11.7 Å². The fourth-order valence-electron chi connectivity index (χ4n) is 2.09. The first-order chi connectivity index (χ1) is 12.0. The summed E-state index contributed by atoms with van der Waals surface area (Å²) in [7, 11) is 0. The maximum Gasteiger partial charge on any atom is 0.416 e. The van der Waals surface area contributed by atoms with Crippen LogP contribution in [0.15, 0.2) is 65.3 Å². The van der Waals surface area contributed by atoms with Crippen molar-refractivity contribution in [1.82, 2.24) is 4.98 Å². The quantitative estimate of drug-likeness (QED) is 0.617. The topological polar surface area (TPSA) is 35.3 Å². The first kappa shape index (κ1) is 16.8. The Labute approximate surface area is 142 Å². The van der Waals surface area contributed by atoms with E-state index in [2.05, 4.69) is 4.98 Å². The Morgan fingerprint density at radius 2 is 1.68 bits per heavy atom. The van der Waals surface area contributed by atoms with Crippen molar-refractivity contribution in [1.29, 1.82) is 0 Å². The van der Waals surface area contributed by atoms with E-state index in [1.165, 1.54) is 18.4 Å². The van der Waals surface area contributed by atoms with E-state index in [0.29, 0.717) is 17.1 Å². The van der Waals surface area contributed by atoms with Crippen molar-refractivity contribution in [3.8, 4) is 5.75 Å². The number of rotatable bonds is 5. The second-order valence-electron chi connectivity index (χ2n) is 5.23. The van der Waals surface area contributed by atoms with Crippen LogP contribution in [-0.4, -0.2) is 4.98 Å². The highest BCUT2D eigenvalue weighted by atomic mass is 19.4. The first-order valence-electron chi connectivity index (χ1n) is 7.48. The molecule has 0 unspecified atom stereocenters. The zero-order valence-corrected chi connectivity index (χ0v) is 13.0. The molecule has 2 aromatic carbocycles. The summed E-state index contributed by atoms with van der Waals surface area (Å²) in [6.45, 7) is 0.266. The number of para-hydroxylation sites is 1. The van der Waals surface area contributed by atoms with Gasteiger partial charge in [0.2, 0.25) is 5.89 Å². The van der Waals surface area contributed by atoms with Gasteiger partial charge in [-0.15, -0.1) is 0 Å². The number of halogens is 3. The Hall–Kier alpha value is -3.02. The molecule has 25 heavy (non-hydrogen) atoms. The van der Waals surface area contributed by atoms with Crippen molar-refractivity contribution in [3.63, 3.8) is 0 Å². The third-order valence-electron chi connectivity index (χ3n) is 3.36. The van der Waals surface area contributed by atoms with E-state index in [4.69, 9.17) is 9.15 Å². The van der Waals surface area contributed by atoms with Crippen LogP contribution in [0.5, 0.6) is 5.75 Å². The summed E-state index contributed by atoms with van der Waals surface area (Å²) >= 11 is 0. The van der Waals surface area contributed by atoms with Gasteiger partial charge in [-0.1, -0.05) is 30.3 Å². The normalized spacial score (nSPS) is 11.8. The Morgan fingerprint density at radius 1 is 0.960 bits per heavy atom. The third-order valence-corrected chi connectivity index (χ3v) is 3.36. The first-order valence-corrected chi connectivity index (χ1v) is 7.48. The number of aromatic nitrogens is 1. The van der Waals surface area contributed by atoms with Crippen molar-refractivity contribution in [3.05, 3.63) is 83.6 Å². The summed E-state index contributed by atoms with van der Waals surface area (Å²) in [5.74, 6) is 1.08. The van der Waals surface area contributed by atoms with Crippen molar-refractivity contribution in [2.45, 2.75) is 12.8 Å². The molecule has 128 valence electrons. The van der Waals surface area contributed by atoms with Crippen LogP contribution in [0, 0.1) is 0 Å². The van der Waals surface area contributed by atoms with Crippen molar-refractivity contribution in [2.24, 2.45) is 0 Å². The van der Waals surface area contributed by atoms with Gasteiger partial charge in [-0.25, -0.2) is 4.98 Å². The molecule has 0 fully saturated rings. The minimum atomic E-state index is -4.33. The van der Waals surface area contributed by atoms with E-state index in [9.17, 15) is 13.2 Å². The Kier molecular flexibility index (Phi) is 4.88. The summed E-state index contributed by atoms with van der Waals surface area (Å²) in [6, 6.07) is 14.2. The van der Waals surface area contributed by atoms with Gasteiger partial charge in [0, 0.05) is 6.08 Å². The summed E-state index contributed by atoms with van der Waals surface area (Å²) in [5, 5.41) is 0. The molecule has 0 saturated carbocycles. The van der Waals surface area contributed by atoms with Crippen LogP contribution in [0.4, 0.5) is 13.2 Å². The lowest BCUT2D eigenvalue weighted by Crippen LogP contribution is -2.03. The molecule has 1 heterocycles. The zero-order chi connectivity index (χ0) is 17.7. The number of ether oxygens (including phenoxy) is 1. The van der Waals surface area contributed by atoms with Crippen molar-refractivity contribution < 1.29 is 22.3 Å². The molecular weight excluding hydrogens is 331 g/mol. The molecular formula is C19H14F3NO2. The molecule has 0 spiro atoms. The number of nitrogens with zero attached hydrogens (tertiary/aromatic N) is 1. The van der Waals surface area contributed by atoms with Gasteiger partial charge in [-0.05, 0) is 35.9 Å². The van der Waals surface area contributed by atoms with Gasteiger partial charge in [0.25, 0.3) is 0 Å². The van der Waals surface area contributed by atoms with E-state index in [0.717, 1.165) is 17.9 Å². The summed E-state index contributed by atoms with van der Waals surface area (Å²) in [4.78, 5) is 4.24. The van der Waals surface area contributed by atoms with Crippen LogP contribution >= 0.6 is 0 Å². The highest BCUT2D eigenvalue weighted by Crippen LogP contribution is 2.29. The summed E-state index contributed by atoms with van der Waals surface area (Å²) in [5.41, 5.74) is 0.560. The lowest BCUT2D eigenvalue weighted by molar-refractivity contribution is -0.137. The highest BCUT2D eigenvalue weighted by molar-refractivity contribution is 5.66. The van der Waals surface area contributed by atoms with Gasteiger partial charge >= 0.3 is 6.18 Å². The van der Waals surface area contributed by atoms with Gasteiger partial charge in [-0.3, -0.25) is 0 Å². The van der Waals surface area contributed by atoms with Crippen LogP contribution in [0.2, 0.25) is 0 Å². The van der Waals surface area contributed by atoms with Gasteiger partial charge in [0.05, 0.1) is 5.56 Å². The summed E-state index contributed by atoms with van der Waals surface area (Å²) < 4.78 is 48.4. The number of hydrogen-bond acceptors (Lipinski definition) is 3. The standard InChI is InChI=1S/C19H14F3NO2/c20-19(21,22)15-9-6-14(7-10-15)8-11-18-23-16(13-25-18)12-24-17-4-2-1-3-5-17/h1-11,13H,12H2. The molecule has 0 saturated heterocycles. The van der Waals surface area contributed by atoms with Crippen LogP contribution in [0.3, 0.4) is 0 Å². The lowest BCUT2D eigenvalue weighted by Gasteiger charge is -2.05. The number of hydrogen-bond donors (Lipinski definition) is 0. The predicted octanol–water partition coefficient (Wildman–Crippen LogP) is 5.44. The molecule has 6 heteroatoms. The van der Waals surface area contributed by atoms with Gasteiger partial charge < -0.3 is 9.15 Å². The molecule has 0 aliphatic rings. The Bertz CT molecular complexity index is 837. The largest absolute Gasteiger partial charge is 0.487 e. The predicted molar refractivity (Wildman–Crippen MR) is 87.6 cm³/mol. The maximum atomic E-state index is 12.5. The van der Waals surface area contributed by atoms with Gasteiger partial charge in [0.1, 0.15) is 24.3 Å². The van der Waals surface area contributed by atoms with E-state index >= 15 is 0 Å². The van der Waals surface area contributed by atoms with Crippen molar-refractivity contribution >= 4 is 12.2 Å². The SMILES string of the molecule is FC(F)(F)c1ccc(C=Cc2nc(COc3ccccc3)co2)cc1. The van der Waals surface area contributed by atoms with Crippen LogP contribution in [0.25, 0.3) is 12.2 Å². The number of alkyl halides is 3. The Balaban J connectivity index is 1.60. The minimum Gasteiger partial charge on any atom is -0.487 e. The molecule has 0 atom stereocenters. The molecule has 3 nitrogen and oxygen atoms in total. The molecule has 0 bridgehead atoms. The molecule has 0 amide bonds. The smallest absolute Gasteiger partial charge is 0.416 e. The Morgan fingerprint density at radius 3 is 2.36 bits per heavy atom. The van der Waals surface area contributed by atoms with Crippen LogP contribution in [0.1, 0.15) is 22.7 Å². The third kappa shape index (κ3) is 4.73. The lowest BCUT2D eigenvalue weighted by atomic mass is 10.1. The second kappa shape index (κ2) is 7.25. The molecule has 0 aliphatic heterocycles. The van der Waals surface area contributed by atoms with E-state index in [1.807, 2.05) is 30.3 Å². The average Bonchev–Trinajstić information content (AvgIpc) is 3.07. The highest BCUT2D eigenvalue weighted by Gasteiger charge is 2.29. The van der Waals surface area contributed by atoms with E-state index in [-0.39, 0.29) is 6.61 Å². The molecule has 3 aromatic rings. The number of benzene rings is 2. The zero-order valence-electron chi connectivity index (χ0n) is 13.0. The molecule has 0 aliphatic carbocycles. The summed E-state index contributed by atoms with van der Waals surface area (Å²) in [6.07, 6.45) is 0.371. The monoisotopic (exact) mass is 345 g/mol. The minimum absolute atomic E-state index is 0.266. The van der Waals surface area contributed by atoms with Crippen LogP contribution in [-0.2, 0) is 12.8 Å². The molecule has 1 aromatic heterocycles. The molecule has 0 N–H and O–H groups in total. The molecule has 0 radical (unpaired) electrons. The van der Waals surface area contributed by atoms with Crippen LogP contribution < -0.4 is 4.74 Å². The number of oxazole rings is 1. The van der Waals surface area contributed by atoms with Gasteiger partial charge in [0.15, 0.2) is 0 Å². The molecule has 3 rings (SSSR count). The van der Waals surface area contributed by atoms with E-state index in [1.54, 1.807) is 12.2 Å². The fourth-order valence-corrected chi connectivity index (χ4v) is 2.09. The second-order valence-corrected chi connectivity index (χ2v) is 5.23.